The fraction of sp³-hybridized carbons (Fsp3) is 0.176. The van der Waals surface area contributed by atoms with Crippen LogP contribution >= 0.6 is 11.8 Å². The van der Waals surface area contributed by atoms with Crippen LogP contribution in [-0.4, -0.2) is 28.1 Å². The van der Waals surface area contributed by atoms with Gasteiger partial charge in [-0.25, -0.2) is 4.98 Å². The van der Waals surface area contributed by atoms with Gasteiger partial charge in [0.05, 0.1) is 23.4 Å². The lowest BCUT2D eigenvalue weighted by Gasteiger charge is -2.08. The predicted octanol–water partition coefficient (Wildman–Crippen LogP) is 3.94. The summed E-state index contributed by atoms with van der Waals surface area (Å²) in [6.07, 6.45) is 0. The Kier molecular flexibility index (Phi) is 4.15. The predicted molar refractivity (Wildman–Crippen MR) is 88.7 cm³/mol. The molecule has 3 aromatic rings. The van der Waals surface area contributed by atoms with Gasteiger partial charge in [-0.05, 0) is 43.3 Å². The van der Waals surface area contributed by atoms with E-state index in [1.54, 1.807) is 31.4 Å². The molecule has 0 aliphatic heterocycles. The summed E-state index contributed by atoms with van der Waals surface area (Å²) in [6.45, 7) is 1.89. The van der Waals surface area contributed by atoms with Crippen LogP contribution in [0.2, 0.25) is 0 Å². The third kappa shape index (κ3) is 2.99. The molecule has 0 radical (unpaired) electrons. The van der Waals surface area contributed by atoms with Crippen LogP contribution in [0.4, 0.5) is 0 Å². The number of carbonyl (C=O) groups excluding carboxylic acids is 1. The lowest BCUT2D eigenvalue weighted by molar-refractivity contribution is 0.0994. The van der Waals surface area contributed by atoms with Crippen LogP contribution in [0.1, 0.15) is 17.3 Å². The Balaban J connectivity index is 1.74. The van der Waals surface area contributed by atoms with Crippen molar-refractivity contribution in [1.29, 1.82) is 0 Å². The molecule has 1 heterocycles. The van der Waals surface area contributed by atoms with Crippen molar-refractivity contribution in [3.63, 3.8) is 0 Å². The first kappa shape index (κ1) is 14.7. The first-order valence-electron chi connectivity index (χ1n) is 6.97. The molecule has 22 heavy (non-hydrogen) atoms. The minimum Gasteiger partial charge on any atom is -0.497 e. The van der Waals surface area contributed by atoms with E-state index in [1.807, 2.05) is 31.2 Å². The molecule has 1 atom stereocenters. The summed E-state index contributed by atoms with van der Waals surface area (Å²) in [5, 5.41) is 0.546. The molecule has 0 amide bonds. The molecule has 0 saturated carbocycles. The second-order valence-electron chi connectivity index (χ2n) is 4.91. The number of nitrogens with zero attached hydrogens (tertiary/aromatic N) is 1. The Morgan fingerprint density at radius 1 is 1.18 bits per heavy atom. The molecule has 0 aliphatic carbocycles. The largest absolute Gasteiger partial charge is 0.497 e. The molecule has 0 saturated heterocycles. The zero-order chi connectivity index (χ0) is 15.5. The lowest BCUT2D eigenvalue weighted by Crippen LogP contribution is -2.13. The van der Waals surface area contributed by atoms with Crippen molar-refractivity contribution in [1.82, 2.24) is 9.97 Å². The monoisotopic (exact) mass is 312 g/mol. The molecular weight excluding hydrogens is 296 g/mol. The number of ketones is 1. The maximum absolute atomic E-state index is 12.5. The number of thioether (sulfide) groups is 1. The molecule has 1 N–H and O–H groups in total. The van der Waals surface area contributed by atoms with Gasteiger partial charge in [0.15, 0.2) is 10.9 Å². The summed E-state index contributed by atoms with van der Waals surface area (Å²) < 4.78 is 5.11. The summed E-state index contributed by atoms with van der Waals surface area (Å²) in [4.78, 5) is 20.2. The van der Waals surface area contributed by atoms with Gasteiger partial charge < -0.3 is 9.72 Å². The molecule has 0 fully saturated rings. The summed E-state index contributed by atoms with van der Waals surface area (Å²) in [5.41, 5.74) is 2.57. The van der Waals surface area contributed by atoms with Crippen molar-refractivity contribution in [3.8, 4) is 5.75 Å². The average Bonchev–Trinajstić information content (AvgIpc) is 2.96. The maximum Gasteiger partial charge on any atom is 0.175 e. The summed E-state index contributed by atoms with van der Waals surface area (Å²) >= 11 is 1.43. The molecule has 2 aromatic carbocycles. The van der Waals surface area contributed by atoms with E-state index < -0.39 is 0 Å². The lowest BCUT2D eigenvalue weighted by atomic mass is 10.1. The zero-order valence-electron chi connectivity index (χ0n) is 12.4. The molecule has 0 aliphatic rings. The van der Waals surface area contributed by atoms with Crippen LogP contribution in [0, 0.1) is 0 Å². The standard InChI is InChI=1S/C17H16N2O2S/c1-11(16(20)12-7-9-13(21-2)10-8-12)22-17-18-14-5-3-4-6-15(14)19-17/h3-11H,1-2H3,(H,18,19)/t11-/m0/s1. The molecule has 1 aromatic heterocycles. The van der Waals surface area contributed by atoms with E-state index in [-0.39, 0.29) is 11.0 Å². The van der Waals surface area contributed by atoms with Crippen LogP contribution in [-0.2, 0) is 0 Å². The molecular formula is C17H16N2O2S. The van der Waals surface area contributed by atoms with E-state index in [0.29, 0.717) is 5.56 Å². The highest BCUT2D eigenvalue weighted by atomic mass is 32.2. The number of methoxy groups -OCH3 is 1. The Morgan fingerprint density at radius 2 is 1.91 bits per heavy atom. The number of para-hydroxylation sites is 2. The van der Waals surface area contributed by atoms with E-state index >= 15 is 0 Å². The highest BCUT2D eigenvalue weighted by Gasteiger charge is 2.18. The molecule has 0 bridgehead atoms. The number of fused-ring (bicyclic) bond motifs is 1. The van der Waals surface area contributed by atoms with E-state index in [1.165, 1.54) is 11.8 Å². The number of nitrogens with one attached hydrogen (secondary N) is 1. The van der Waals surface area contributed by atoms with E-state index in [2.05, 4.69) is 9.97 Å². The fourth-order valence-corrected chi connectivity index (χ4v) is 3.09. The summed E-state index contributed by atoms with van der Waals surface area (Å²) in [7, 11) is 1.61. The fourth-order valence-electron chi connectivity index (χ4n) is 2.20. The van der Waals surface area contributed by atoms with Crippen molar-refractivity contribution in [2.45, 2.75) is 17.3 Å². The maximum atomic E-state index is 12.5. The normalized spacial score (nSPS) is 12.3. The number of hydrogen-bond acceptors (Lipinski definition) is 4. The Bertz CT molecular complexity index is 763. The zero-order valence-corrected chi connectivity index (χ0v) is 13.2. The van der Waals surface area contributed by atoms with E-state index in [4.69, 9.17) is 4.74 Å². The minimum absolute atomic E-state index is 0.0770. The van der Waals surface area contributed by atoms with Crippen LogP contribution < -0.4 is 4.74 Å². The number of aromatic amines is 1. The number of H-pyrrole nitrogens is 1. The van der Waals surface area contributed by atoms with Crippen molar-refractivity contribution in [2.24, 2.45) is 0 Å². The summed E-state index contributed by atoms with van der Waals surface area (Å²) in [6, 6.07) is 15.0. The minimum atomic E-state index is -0.214. The van der Waals surface area contributed by atoms with Gasteiger partial charge in [0, 0.05) is 5.56 Å². The van der Waals surface area contributed by atoms with Crippen molar-refractivity contribution in [2.75, 3.05) is 7.11 Å². The summed E-state index contributed by atoms with van der Waals surface area (Å²) in [5.74, 6) is 0.822. The van der Waals surface area contributed by atoms with Crippen LogP contribution in [0.15, 0.2) is 53.7 Å². The second kappa shape index (κ2) is 6.23. The molecule has 5 heteroatoms. The highest BCUT2D eigenvalue weighted by Crippen LogP contribution is 2.26. The first-order chi connectivity index (χ1) is 10.7. The second-order valence-corrected chi connectivity index (χ2v) is 6.24. The van der Waals surface area contributed by atoms with Gasteiger partial charge in [0.2, 0.25) is 0 Å². The Morgan fingerprint density at radius 3 is 2.59 bits per heavy atom. The molecule has 0 spiro atoms. The number of benzene rings is 2. The molecule has 0 unspecified atom stereocenters. The smallest absolute Gasteiger partial charge is 0.175 e. The van der Waals surface area contributed by atoms with Crippen LogP contribution in [0.5, 0.6) is 5.75 Å². The number of aromatic nitrogens is 2. The average molecular weight is 312 g/mol. The van der Waals surface area contributed by atoms with Crippen molar-refractivity contribution < 1.29 is 9.53 Å². The van der Waals surface area contributed by atoms with Crippen molar-refractivity contribution >= 4 is 28.6 Å². The number of rotatable bonds is 5. The van der Waals surface area contributed by atoms with Gasteiger partial charge in [-0.15, -0.1) is 0 Å². The molecule has 3 rings (SSSR count). The third-order valence-corrected chi connectivity index (χ3v) is 4.38. The number of Topliss-reactive ketones (excluding diaryl/α,β-unsaturated/α-hetero) is 1. The van der Waals surface area contributed by atoms with E-state index in [9.17, 15) is 4.79 Å². The number of carbonyl (C=O) groups is 1. The van der Waals surface area contributed by atoms with Crippen molar-refractivity contribution in [3.05, 3.63) is 54.1 Å². The first-order valence-corrected chi connectivity index (χ1v) is 7.85. The van der Waals surface area contributed by atoms with Gasteiger partial charge >= 0.3 is 0 Å². The quantitative estimate of drug-likeness (QED) is 0.573. The number of ether oxygens (including phenoxy) is 1. The van der Waals surface area contributed by atoms with E-state index in [0.717, 1.165) is 21.9 Å². The van der Waals surface area contributed by atoms with Gasteiger partial charge in [0.25, 0.3) is 0 Å². The third-order valence-electron chi connectivity index (χ3n) is 3.40. The number of imidazole rings is 1. The Labute approximate surface area is 132 Å². The molecule has 112 valence electrons. The van der Waals surface area contributed by atoms with Gasteiger partial charge in [-0.1, -0.05) is 23.9 Å². The van der Waals surface area contributed by atoms with Gasteiger partial charge in [0.1, 0.15) is 5.75 Å². The van der Waals surface area contributed by atoms with Crippen LogP contribution in [0.3, 0.4) is 0 Å². The van der Waals surface area contributed by atoms with Gasteiger partial charge in [-0.3, -0.25) is 4.79 Å². The molecule has 4 nitrogen and oxygen atoms in total. The van der Waals surface area contributed by atoms with Crippen LogP contribution in [0.25, 0.3) is 11.0 Å². The highest BCUT2D eigenvalue weighted by molar-refractivity contribution is 8.00. The van der Waals surface area contributed by atoms with Gasteiger partial charge in [-0.2, -0.15) is 0 Å². The SMILES string of the molecule is COc1ccc(C(=O)[C@H](C)Sc2nc3ccccc3[nH]2)cc1. The topological polar surface area (TPSA) is 55.0 Å². The number of hydrogen-bond donors (Lipinski definition) is 1. The Hall–Kier alpha value is -2.27.